The quantitative estimate of drug-likeness (QED) is 0.813. The van der Waals surface area contributed by atoms with Crippen molar-refractivity contribution in [2.24, 2.45) is 0 Å². The lowest BCUT2D eigenvalue weighted by Crippen LogP contribution is -2.17. The minimum atomic E-state index is -3.61. The number of carbonyl (C=O) groups excluding carboxylic acids is 1. The van der Waals surface area contributed by atoms with Gasteiger partial charge in [0.05, 0.1) is 4.90 Å². The Hall–Kier alpha value is -1.94. The summed E-state index contributed by atoms with van der Waals surface area (Å²) in [5.74, 6) is -0.882. The average Bonchev–Trinajstić information content (AvgIpc) is 2.42. The van der Waals surface area contributed by atoms with Gasteiger partial charge in [0.2, 0.25) is 0 Å². The lowest BCUT2D eigenvalue weighted by molar-refractivity contribution is 0.102. The summed E-state index contributed by atoms with van der Waals surface area (Å²) in [4.78, 5) is 12.3. The van der Waals surface area contributed by atoms with Gasteiger partial charge in [-0.2, -0.15) is 0 Å². The monoisotopic (exact) mass is 288 g/mol. The van der Waals surface area contributed by atoms with Crippen molar-refractivity contribution >= 4 is 15.6 Å². The smallest absolute Gasteiger partial charge is 0.186 e. The highest BCUT2D eigenvalue weighted by atomic mass is 32.2. The number of benzene rings is 2. The molecule has 104 valence electrons. The lowest BCUT2D eigenvalue weighted by atomic mass is 10.2. The Morgan fingerprint density at radius 1 is 1.00 bits per heavy atom. The van der Waals surface area contributed by atoms with Crippen molar-refractivity contribution in [3.8, 4) is 0 Å². The van der Waals surface area contributed by atoms with Gasteiger partial charge in [-0.15, -0.1) is 0 Å². The first-order valence-electron chi connectivity index (χ1n) is 6.28. The Labute approximate surface area is 119 Å². The number of rotatable bonds is 4. The number of aryl methyl sites for hydroxylation is 2. The lowest BCUT2D eigenvalue weighted by Gasteiger charge is -2.08. The molecule has 0 heterocycles. The molecule has 0 saturated heterocycles. The SMILES string of the molecule is Cc1ccc(C)c(S(=O)(=O)CC(=O)c2ccccc2)c1. The van der Waals surface area contributed by atoms with Gasteiger partial charge in [0.15, 0.2) is 15.6 Å². The van der Waals surface area contributed by atoms with Crippen LogP contribution >= 0.6 is 0 Å². The summed E-state index contributed by atoms with van der Waals surface area (Å²) in [6.07, 6.45) is 0. The van der Waals surface area contributed by atoms with Crippen molar-refractivity contribution in [1.82, 2.24) is 0 Å². The van der Waals surface area contributed by atoms with Crippen LogP contribution in [0.25, 0.3) is 0 Å². The molecule has 0 atom stereocenters. The minimum Gasteiger partial charge on any atom is -0.293 e. The molecule has 0 aromatic heterocycles. The fourth-order valence-electron chi connectivity index (χ4n) is 2.00. The predicted octanol–water partition coefficient (Wildman–Crippen LogP) is 2.96. The average molecular weight is 288 g/mol. The van der Waals surface area contributed by atoms with Gasteiger partial charge in [-0.25, -0.2) is 8.42 Å². The number of ketones is 1. The highest BCUT2D eigenvalue weighted by Gasteiger charge is 2.22. The second kappa shape index (κ2) is 5.59. The van der Waals surface area contributed by atoms with E-state index in [1.165, 1.54) is 0 Å². The molecule has 0 unspecified atom stereocenters. The van der Waals surface area contributed by atoms with Crippen LogP contribution in [0.3, 0.4) is 0 Å². The molecule has 0 aliphatic heterocycles. The Morgan fingerprint density at radius 2 is 1.65 bits per heavy atom. The highest BCUT2D eigenvalue weighted by Crippen LogP contribution is 2.19. The van der Waals surface area contributed by atoms with Crippen molar-refractivity contribution in [2.45, 2.75) is 18.7 Å². The maximum Gasteiger partial charge on any atom is 0.186 e. The van der Waals surface area contributed by atoms with Gasteiger partial charge in [-0.05, 0) is 31.0 Å². The van der Waals surface area contributed by atoms with Crippen LogP contribution in [-0.2, 0) is 9.84 Å². The van der Waals surface area contributed by atoms with Gasteiger partial charge in [0.1, 0.15) is 5.75 Å². The molecule has 0 N–H and O–H groups in total. The molecule has 3 nitrogen and oxygen atoms in total. The number of hydrogen-bond acceptors (Lipinski definition) is 3. The van der Waals surface area contributed by atoms with Crippen LogP contribution in [0.2, 0.25) is 0 Å². The van der Waals surface area contributed by atoms with Gasteiger partial charge in [0, 0.05) is 5.56 Å². The number of hydrogen-bond donors (Lipinski definition) is 0. The van der Waals surface area contributed by atoms with E-state index in [1.54, 1.807) is 49.4 Å². The third kappa shape index (κ3) is 3.14. The molecule has 0 amide bonds. The summed E-state index contributed by atoms with van der Waals surface area (Å²) in [7, 11) is -3.61. The zero-order chi connectivity index (χ0) is 14.8. The molecule has 0 aliphatic carbocycles. The molecule has 0 bridgehead atoms. The maximum absolute atomic E-state index is 12.4. The molecule has 2 aromatic carbocycles. The molecular formula is C16H16O3S. The highest BCUT2D eigenvalue weighted by molar-refractivity contribution is 7.92. The topological polar surface area (TPSA) is 51.2 Å². The van der Waals surface area contributed by atoms with Crippen LogP contribution in [0.5, 0.6) is 0 Å². The molecule has 0 radical (unpaired) electrons. The molecule has 2 aromatic rings. The van der Waals surface area contributed by atoms with Crippen LogP contribution in [0.1, 0.15) is 21.5 Å². The molecule has 2 rings (SSSR count). The summed E-state index contributed by atoms with van der Waals surface area (Å²) in [5, 5.41) is 0. The molecule has 20 heavy (non-hydrogen) atoms. The van der Waals surface area contributed by atoms with E-state index in [-0.39, 0.29) is 10.7 Å². The molecule has 0 saturated carbocycles. The second-order valence-electron chi connectivity index (χ2n) is 4.82. The fourth-order valence-corrected chi connectivity index (χ4v) is 3.59. The van der Waals surface area contributed by atoms with Gasteiger partial charge in [-0.3, -0.25) is 4.79 Å². The number of carbonyl (C=O) groups is 1. The van der Waals surface area contributed by atoms with E-state index < -0.39 is 15.6 Å². The molecule has 4 heteroatoms. The number of sulfone groups is 1. The van der Waals surface area contributed by atoms with E-state index in [4.69, 9.17) is 0 Å². The van der Waals surface area contributed by atoms with Crippen molar-refractivity contribution in [3.05, 3.63) is 65.2 Å². The van der Waals surface area contributed by atoms with Crippen molar-refractivity contribution in [3.63, 3.8) is 0 Å². The summed E-state index contributed by atoms with van der Waals surface area (Å²) in [6, 6.07) is 13.7. The minimum absolute atomic E-state index is 0.238. The van der Waals surface area contributed by atoms with Crippen LogP contribution in [0.4, 0.5) is 0 Å². The molecular weight excluding hydrogens is 272 g/mol. The zero-order valence-electron chi connectivity index (χ0n) is 11.5. The van der Waals surface area contributed by atoms with Crippen LogP contribution in [0, 0.1) is 13.8 Å². The predicted molar refractivity (Wildman–Crippen MR) is 78.7 cm³/mol. The van der Waals surface area contributed by atoms with Gasteiger partial charge < -0.3 is 0 Å². The van der Waals surface area contributed by atoms with E-state index in [1.807, 2.05) is 13.0 Å². The van der Waals surface area contributed by atoms with Crippen molar-refractivity contribution in [2.75, 3.05) is 5.75 Å². The third-order valence-electron chi connectivity index (χ3n) is 3.10. The number of Topliss-reactive ketones (excluding diaryl/α,β-unsaturated/α-hetero) is 1. The van der Waals surface area contributed by atoms with Crippen LogP contribution < -0.4 is 0 Å². The summed E-state index contributed by atoms with van der Waals surface area (Å²) < 4.78 is 24.7. The van der Waals surface area contributed by atoms with Gasteiger partial charge >= 0.3 is 0 Å². The van der Waals surface area contributed by atoms with Crippen molar-refractivity contribution in [1.29, 1.82) is 0 Å². The van der Waals surface area contributed by atoms with E-state index in [2.05, 4.69) is 0 Å². The van der Waals surface area contributed by atoms with Crippen LogP contribution in [0.15, 0.2) is 53.4 Å². The van der Waals surface area contributed by atoms with E-state index in [0.29, 0.717) is 11.1 Å². The summed E-state index contributed by atoms with van der Waals surface area (Å²) in [6.45, 7) is 3.57. The van der Waals surface area contributed by atoms with Gasteiger partial charge in [0.25, 0.3) is 0 Å². The van der Waals surface area contributed by atoms with E-state index in [0.717, 1.165) is 5.56 Å². The van der Waals surface area contributed by atoms with Gasteiger partial charge in [-0.1, -0.05) is 42.5 Å². The summed E-state index contributed by atoms with van der Waals surface area (Å²) >= 11 is 0. The Kier molecular flexibility index (Phi) is 4.04. The van der Waals surface area contributed by atoms with Crippen LogP contribution in [-0.4, -0.2) is 20.0 Å². The molecule has 0 spiro atoms. The fraction of sp³-hybridized carbons (Fsp3) is 0.188. The Balaban J connectivity index is 2.33. The maximum atomic E-state index is 12.4. The zero-order valence-corrected chi connectivity index (χ0v) is 12.3. The third-order valence-corrected chi connectivity index (χ3v) is 4.85. The Bertz CT molecular complexity index is 732. The Morgan fingerprint density at radius 3 is 2.30 bits per heavy atom. The first kappa shape index (κ1) is 14.5. The second-order valence-corrected chi connectivity index (χ2v) is 6.78. The molecule has 0 fully saturated rings. The van der Waals surface area contributed by atoms with E-state index >= 15 is 0 Å². The van der Waals surface area contributed by atoms with E-state index in [9.17, 15) is 13.2 Å². The molecule has 0 aliphatic rings. The first-order chi connectivity index (χ1) is 9.40. The normalized spacial score (nSPS) is 11.3. The van der Waals surface area contributed by atoms with Crippen molar-refractivity contribution < 1.29 is 13.2 Å². The first-order valence-corrected chi connectivity index (χ1v) is 7.93. The standard InChI is InChI=1S/C16H16O3S/c1-12-8-9-13(2)16(10-12)20(18,19)11-15(17)14-6-4-3-5-7-14/h3-10H,11H2,1-2H3. The largest absolute Gasteiger partial charge is 0.293 e. The summed E-state index contributed by atoms with van der Waals surface area (Å²) in [5.41, 5.74) is 1.94.